The molecule has 0 unspecified atom stereocenters. The molecule has 0 saturated heterocycles. The molecule has 5 nitrogen and oxygen atoms in total. The van der Waals surface area contributed by atoms with Crippen molar-refractivity contribution < 1.29 is 8.42 Å². The van der Waals surface area contributed by atoms with Gasteiger partial charge in [-0.05, 0) is 31.9 Å². The summed E-state index contributed by atoms with van der Waals surface area (Å²) in [4.78, 5) is 4.19. The summed E-state index contributed by atoms with van der Waals surface area (Å²) in [6.45, 7) is 1.90. The van der Waals surface area contributed by atoms with Crippen LogP contribution in [0.3, 0.4) is 0 Å². The lowest BCUT2D eigenvalue weighted by Crippen LogP contribution is -2.34. The van der Waals surface area contributed by atoms with Gasteiger partial charge >= 0.3 is 0 Å². The Balaban J connectivity index is 2.21. The van der Waals surface area contributed by atoms with Crippen molar-refractivity contribution in [2.24, 2.45) is 0 Å². The van der Waals surface area contributed by atoms with E-state index in [-0.39, 0.29) is 10.4 Å². The minimum atomic E-state index is -3.42. The number of pyridine rings is 1. The molecule has 1 fully saturated rings. The number of nitrogens with zero attached hydrogens (tertiary/aromatic N) is 1. The second-order valence-corrected chi connectivity index (χ2v) is 5.98. The third kappa shape index (κ3) is 2.33. The lowest BCUT2D eigenvalue weighted by Gasteiger charge is -2.11. The predicted molar refractivity (Wildman–Crippen MR) is 61.7 cm³/mol. The van der Waals surface area contributed by atoms with E-state index in [9.17, 15) is 8.42 Å². The molecule has 2 rings (SSSR count). The standard InChI is InChI=1S/C10H15N3O2S/c1-10(5-6-10)13-16(14,15)8-3-4-9(11-2)12-7-8/h3-4,7,13H,5-6H2,1-2H3,(H,11,12). The molecule has 1 aromatic rings. The third-order valence-corrected chi connectivity index (χ3v) is 4.31. The fourth-order valence-electron chi connectivity index (χ4n) is 1.36. The van der Waals surface area contributed by atoms with Gasteiger partial charge in [0.05, 0.1) is 0 Å². The highest BCUT2D eigenvalue weighted by Gasteiger charge is 2.41. The Kier molecular flexibility index (Phi) is 2.63. The molecule has 1 aliphatic rings. The summed E-state index contributed by atoms with van der Waals surface area (Å²) in [5.74, 6) is 0.650. The van der Waals surface area contributed by atoms with Gasteiger partial charge in [-0.3, -0.25) is 0 Å². The van der Waals surface area contributed by atoms with E-state index in [2.05, 4.69) is 15.0 Å². The first-order chi connectivity index (χ1) is 7.45. The van der Waals surface area contributed by atoms with Gasteiger partial charge in [-0.2, -0.15) is 0 Å². The molecule has 0 radical (unpaired) electrons. The molecule has 0 bridgehead atoms. The fourth-order valence-corrected chi connectivity index (χ4v) is 2.77. The molecular weight excluding hydrogens is 226 g/mol. The van der Waals surface area contributed by atoms with Crippen LogP contribution in [0.15, 0.2) is 23.2 Å². The van der Waals surface area contributed by atoms with E-state index in [4.69, 9.17) is 0 Å². The van der Waals surface area contributed by atoms with Crippen LogP contribution in [0, 0.1) is 0 Å². The number of nitrogens with one attached hydrogen (secondary N) is 2. The topological polar surface area (TPSA) is 71.1 Å². The van der Waals surface area contributed by atoms with E-state index >= 15 is 0 Å². The van der Waals surface area contributed by atoms with Gasteiger partial charge < -0.3 is 5.32 Å². The predicted octanol–water partition coefficient (Wildman–Crippen LogP) is 0.954. The van der Waals surface area contributed by atoms with Crippen LogP contribution in [-0.4, -0.2) is 26.0 Å². The number of anilines is 1. The molecule has 1 aromatic heterocycles. The lowest BCUT2D eigenvalue weighted by atomic mass is 10.4. The molecule has 6 heteroatoms. The highest BCUT2D eigenvalue weighted by molar-refractivity contribution is 7.89. The molecule has 0 amide bonds. The summed E-state index contributed by atoms with van der Waals surface area (Å²) in [5.41, 5.74) is -0.249. The van der Waals surface area contributed by atoms with Crippen LogP contribution >= 0.6 is 0 Å². The number of aromatic nitrogens is 1. The minimum absolute atomic E-state index is 0.208. The van der Waals surface area contributed by atoms with E-state index in [1.54, 1.807) is 19.2 Å². The lowest BCUT2D eigenvalue weighted by molar-refractivity contribution is 0.557. The van der Waals surface area contributed by atoms with Crippen molar-refractivity contribution in [3.05, 3.63) is 18.3 Å². The molecule has 1 saturated carbocycles. The zero-order chi connectivity index (χ0) is 11.8. The Morgan fingerprint density at radius 2 is 2.06 bits per heavy atom. The van der Waals surface area contributed by atoms with Crippen LogP contribution in [0.2, 0.25) is 0 Å². The molecule has 0 aliphatic heterocycles. The highest BCUT2D eigenvalue weighted by Crippen LogP contribution is 2.35. The minimum Gasteiger partial charge on any atom is -0.373 e. The molecule has 0 spiro atoms. The Hall–Kier alpha value is -1.14. The quantitative estimate of drug-likeness (QED) is 0.823. The monoisotopic (exact) mass is 241 g/mol. The Labute approximate surface area is 95.3 Å². The average molecular weight is 241 g/mol. The van der Waals surface area contributed by atoms with Crippen molar-refractivity contribution in [3.8, 4) is 0 Å². The maximum Gasteiger partial charge on any atom is 0.242 e. The van der Waals surface area contributed by atoms with E-state index in [1.807, 2.05) is 6.92 Å². The molecule has 0 aromatic carbocycles. The summed E-state index contributed by atoms with van der Waals surface area (Å²) in [6.07, 6.45) is 3.16. The molecule has 1 heterocycles. The van der Waals surface area contributed by atoms with Crippen LogP contribution < -0.4 is 10.0 Å². The SMILES string of the molecule is CNc1ccc(S(=O)(=O)NC2(C)CC2)cn1. The van der Waals surface area contributed by atoms with Crippen molar-refractivity contribution in [3.63, 3.8) is 0 Å². The first kappa shape index (κ1) is 11.3. The normalized spacial score (nSPS) is 18.1. The first-order valence-electron chi connectivity index (χ1n) is 5.13. The maximum atomic E-state index is 11.9. The number of sulfonamides is 1. The first-order valence-corrected chi connectivity index (χ1v) is 6.61. The zero-order valence-electron chi connectivity index (χ0n) is 9.32. The summed E-state index contributed by atoms with van der Waals surface area (Å²) < 4.78 is 26.5. The summed E-state index contributed by atoms with van der Waals surface area (Å²) in [7, 11) is -1.68. The molecule has 88 valence electrons. The Bertz CT molecular complexity index is 477. The van der Waals surface area contributed by atoms with Crippen molar-refractivity contribution in [2.75, 3.05) is 12.4 Å². The van der Waals surface area contributed by atoms with Crippen LogP contribution in [0.25, 0.3) is 0 Å². The molecule has 16 heavy (non-hydrogen) atoms. The summed E-state index contributed by atoms with van der Waals surface area (Å²) in [6, 6.07) is 3.19. The van der Waals surface area contributed by atoms with Gasteiger partial charge in [0, 0.05) is 18.8 Å². The number of hydrogen-bond donors (Lipinski definition) is 2. The Morgan fingerprint density at radius 3 is 2.50 bits per heavy atom. The third-order valence-electron chi connectivity index (χ3n) is 2.68. The number of hydrogen-bond acceptors (Lipinski definition) is 4. The number of rotatable bonds is 4. The van der Waals surface area contributed by atoms with Crippen LogP contribution in [0.4, 0.5) is 5.82 Å². The van der Waals surface area contributed by atoms with Gasteiger partial charge in [0.15, 0.2) is 0 Å². The van der Waals surface area contributed by atoms with Gasteiger partial charge in [-0.15, -0.1) is 0 Å². The van der Waals surface area contributed by atoms with Crippen molar-refractivity contribution in [1.82, 2.24) is 9.71 Å². The zero-order valence-corrected chi connectivity index (χ0v) is 10.1. The summed E-state index contributed by atoms with van der Waals surface area (Å²) >= 11 is 0. The van der Waals surface area contributed by atoms with Crippen molar-refractivity contribution in [1.29, 1.82) is 0 Å². The van der Waals surface area contributed by atoms with Crippen LogP contribution in [-0.2, 0) is 10.0 Å². The highest BCUT2D eigenvalue weighted by atomic mass is 32.2. The fraction of sp³-hybridized carbons (Fsp3) is 0.500. The smallest absolute Gasteiger partial charge is 0.242 e. The van der Waals surface area contributed by atoms with E-state index in [0.717, 1.165) is 12.8 Å². The second kappa shape index (κ2) is 3.71. The maximum absolute atomic E-state index is 11.9. The van der Waals surface area contributed by atoms with Gasteiger partial charge in [0.25, 0.3) is 0 Å². The molecule has 2 N–H and O–H groups in total. The van der Waals surface area contributed by atoms with E-state index in [1.165, 1.54) is 6.20 Å². The molecular formula is C10H15N3O2S. The molecule has 0 atom stereocenters. The van der Waals surface area contributed by atoms with Gasteiger partial charge in [0.2, 0.25) is 10.0 Å². The van der Waals surface area contributed by atoms with Crippen molar-refractivity contribution >= 4 is 15.8 Å². The van der Waals surface area contributed by atoms with Crippen LogP contribution in [0.1, 0.15) is 19.8 Å². The largest absolute Gasteiger partial charge is 0.373 e. The Morgan fingerprint density at radius 1 is 1.38 bits per heavy atom. The summed E-state index contributed by atoms with van der Waals surface area (Å²) in [5, 5.41) is 2.84. The average Bonchev–Trinajstić information content (AvgIpc) is 2.95. The van der Waals surface area contributed by atoms with Gasteiger partial charge in [0.1, 0.15) is 10.7 Å². The van der Waals surface area contributed by atoms with E-state index < -0.39 is 10.0 Å². The van der Waals surface area contributed by atoms with Crippen molar-refractivity contribution in [2.45, 2.75) is 30.2 Å². The molecule has 1 aliphatic carbocycles. The van der Waals surface area contributed by atoms with Crippen LogP contribution in [0.5, 0.6) is 0 Å². The van der Waals surface area contributed by atoms with E-state index in [0.29, 0.717) is 5.82 Å². The second-order valence-electron chi connectivity index (χ2n) is 4.30. The van der Waals surface area contributed by atoms with Gasteiger partial charge in [-0.1, -0.05) is 0 Å². The van der Waals surface area contributed by atoms with Gasteiger partial charge in [-0.25, -0.2) is 18.1 Å².